The lowest BCUT2D eigenvalue weighted by atomic mass is 9.80. The number of nitrogens with two attached hydrogens (primary N) is 2. The maximum atomic E-state index is 13.3. The summed E-state index contributed by atoms with van der Waals surface area (Å²) < 4.78 is 12.8. The summed E-state index contributed by atoms with van der Waals surface area (Å²) in [4.78, 5) is 67.6. The molecule has 0 amide bonds. The molecule has 0 bridgehead atoms. The van der Waals surface area contributed by atoms with Crippen LogP contribution in [0.5, 0.6) is 0 Å². The van der Waals surface area contributed by atoms with Crippen molar-refractivity contribution >= 4 is 31.4 Å². The van der Waals surface area contributed by atoms with Gasteiger partial charge in [0.05, 0.1) is 55.1 Å². The molecule has 2 fully saturated rings. The van der Waals surface area contributed by atoms with E-state index in [1.165, 1.54) is 0 Å². The van der Waals surface area contributed by atoms with Gasteiger partial charge in [-0.1, -0.05) is 72.6 Å². The zero-order valence-corrected chi connectivity index (χ0v) is 36.3. The van der Waals surface area contributed by atoms with E-state index in [1.807, 2.05) is 25.8 Å². The minimum Gasteiger partial charge on any atom is -0.377 e. The summed E-state index contributed by atoms with van der Waals surface area (Å²) in [5, 5.41) is 13.9. The molecule has 8 N–H and O–H groups in total. The number of nitrogens with one attached hydrogen (secondary N) is 4. The molecule has 1 aliphatic heterocycles. The first kappa shape index (κ1) is 51.1. The van der Waals surface area contributed by atoms with Crippen LogP contribution < -0.4 is 32.7 Å². The van der Waals surface area contributed by atoms with Crippen LogP contribution in [0.25, 0.3) is 0 Å². The van der Waals surface area contributed by atoms with Gasteiger partial charge in [-0.25, -0.2) is 0 Å². The SMILES string of the molecule is CCCCCC[C@H]1OC[C@@H](C)NC(C=O)[C@@H]([C@H](C)OCCCN)NC(C=O)[C@H](CN)NC(C=O)[C@H](C2CCCCC2)NC(C=O)[C@H](CC(C)C)N(C)C(C=O)[C@H]1C. The summed E-state index contributed by atoms with van der Waals surface area (Å²) >= 11 is 0. The first-order chi connectivity index (χ1) is 27.4. The summed E-state index contributed by atoms with van der Waals surface area (Å²) in [5.74, 6) is 0.0444. The van der Waals surface area contributed by atoms with E-state index in [-0.39, 0.29) is 49.1 Å². The van der Waals surface area contributed by atoms with Crippen LogP contribution in [0.1, 0.15) is 119 Å². The fourth-order valence-corrected chi connectivity index (χ4v) is 8.97. The van der Waals surface area contributed by atoms with Crippen molar-refractivity contribution in [3.8, 4) is 0 Å². The van der Waals surface area contributed by atoms with Crippen LogP contribution in [0, 0.1) is 17.8 Å². The Morgan fingerprint density at radius 2 is 1.46 bits per heavy atom. The van der Waals surface area contributed by atoms with Crippen molar-refractivity contribution in [3.63, 3.8) is 0 Å². The number of unbranched alkanes of at least 4 members (excludes halogenated alkanes) is 3. The molecule has 1 saturated heterocycles. The molecule has 0 radical (unpaired) electrons. The minimum atomic E-state index is -0.906. The van der Waals surface area contributed by atoms with Crippen LogP contribution in [0.15, 0.2) is 0 Å². The van der Waals surface area contributed by atoms with Crippen LogP contribution in [0.2, 0.25) is 0 Å². The molecule has 2 aliphatic rings. The molecule has 13 atom stereocenters. The van der Waals surface area contributed by atoms with Gasteiger partial charge in [0, 0.05) is 43.2 Å². The quantitative estimate of drug-likeness (QED) is 0.0819. The van der Waals surface area contributed by atoms with Crippen molar-refractivity contribution in [3.05, 3.63) is 0 Å². The molecule has 1 heterocycles. The van der Waals surface area contributed by atoms with Gasteiger partial charge in [0.25, 0.3) is 0 Å². The average molecular weight is 808 g/mol. The molecule has 0 aromatic heterocycles. The van der Waals surface area contributed by atoms with Crippen LogP contribution in [0.3, 0.4) is 0 Å². The Hall–Kier alpha value is -2.01. The standard InChI is InChI=1S/C43H81N7O7/c1-8-9-10-14-18-41-31(5)40(27-55)50(7)39(21-29(2)3)36(24-52)49-43(33-16-12-11-13-17-33)38(26-54)47-34(22-45)35(23-51)48-42(32(6)56-20-15-19-44)37(25-53)46-30(4)28-57-41/h23-27,29-43,46-49H,8-22,28,44-45H2,1-7H3/t30-,31-,32+,34+,35?,36?,37?,38?,39+,40?,41-,42-,43+/m1/s1. The lowest BCUT2D eigenvalue weighted by molar-refractivity contribution is -0.121. The summed E-state index contributed by atoms with van der Waals surface area (Å²) in [6.45, 7) is 13.3. The van der Waals surface area contributed by atoms with E-state index in [9.17, 15) is 24.0 Å². The molecule has 0 aromatic carbocycles. The van der Waals surface area contributed by atoms with E-state index < -0.39 is 54.4 Å². The highest BCUT2D eigenvalue weighted by Crippen LogP contribution is 2.30. The summed E-state index contributed by atoms with van der Waals surface area (Å²) in [5.41, 5.74) is 12.1. The molecule has 5 unspecified atom stereocenters. The Morgan fingerprint density at radius 1 is 0.789 bits per heavy atom. The molecule has 14 nitrogen and oxygen atoms in total. The third kappa shape index (κ3) is 16.5. The third-order valence-electron chi connectivity index (χ3n) is 12.4. The van der Waals surface area contributed by atoms with Gasteiger partial charge < -0.3 is 60.9 Å². The van der Waals surface area contributed by atoms with Crippen molar-refractivity contribution in [2.75, 3.05) is 33.4 Å². The predicted octanol–water partition coefficient (Wildman–Crippen LogP) is 2.32. The molecule has 0 aromatic rings. The zero-order chi connectivity index (χ0) is 42.3. The van der Waals surface area contributed by atoms with Gasteiger partial charge in [-0.05, 0) is 71.4 Å². The fourth-order valence-electron chi connectivity index (χ4n) is 8.97. The number of aldehydes is 5. The van der Waals surface area contributed by atoms with Gasteiger partial charge in [0.2, 0.25) is 0 Å². The smallest absolute Gasteiger partial charge is 0.138 e. The fraction of sp³-hybridized carbons (Fsp3) is 0.884. The molecular weight excluding hydrogens is 727 g/mol. The summed E-state index contributed by atoms with van der Waals surface area (Å²) in [6.07, 6.45) is 14.6. The Kier molecular flexibility index (Phi) is 25.5. The normalized spacial score (nSPS) is 34.4. The average Bonchev–Trinajstić information content (AvgIpc) is 3.21. The second-order valence-corrected chi connectivity index (χ2v) is 17.3. The number of likely N-dealkylation sites (N-methyl/N-ethyl adjacent to an activating group) is 1. The Balaban J connectivity index is 2.77. The second kappa shape index (κ2) is 28.5. The molecule has 2 rings (SSSR count). The van der Waals surface area contributed by atoms with E-state index in [0.29, 0.717) is 26.0 Å². The predicted molar refractivity (Wildman–Crippen MR) is 226 cm³/mol. The first-order valence-electron chi connectivity index (χ1n) is 22.1. The number of ether oxygens (including phenoxy) is 2. The van der Waals surface area contributed by atoms with Crippen LogP contribution in [0.4, 0.5) is 0 Å². The van der Waals surface area contributed by atoms with E-state index in [0.717, 1.165) is 95.6 Å². The lowest BCUT2D eigenvalue weighted by Crippen LogP contribution is -2.67. The summed E-state index contributed by atoms with van der Waals surface area (Å²) in [6, 6.07) is -6.30. The molecule has 0 spiro atoms. The number of carbonyl (C=O) groups is 5. The Morgan fingerprint density at radius 3 is 2.02 bits per heavy atom. The van der Waals surface area contributed by atoms with Crippen molar-refractivity contribution in [2.45, 2.75) is 191 Å². The number of hydrogen-bond donors (Lipinski definition) is 6. The highest BCUT2D eigenvalue weighted by Gasteiger charge is 2.41. The number of nitrogens with zero attached hydrogens (tertiary/aromatic N) is 1. The number of hydrogen-bond acceptors (Lipinski definition) is 14. The molecule has 1 aliphatic carbocycles. The van der Waals surface area contributed by atoms with Crippen molar-refractivity contribution in [1.29, 1.82) is 0 Å². The molecular formula is C43H81N7O7. The van der Waals surface area contributed by atoms with Crippen molar-refractivity contribution in [2.24, 2.45) is 29.2 Å². The maximum Gasteiger partial charge on any atom is 0.138 e. The van der Waals surface area contributed by atoms with Crippen molar-refractivity contribution < 1.29 is 33.4 Å². The van der Waals surface area contributed by atoms with E-state index in [1.54, 1.807) is 0 Å². The largest absolute Gasteiger partial charge is 0.377 e. The van der Waals surface area contributed by atoms with Gasteiger partial charge >= 0.3 is 0 Å². The third-order valence-corrected chi connectivity index (χ3v) is 12.4. The van der Waals surface area contributed by atoms with Gasteiger partial charge in [-0.3, -0.25) is 10.2 Å². The van der Waals surface area contributed by atoms with E-state index in [4.69, 9.17) is 20.9 Å². The first-order valence-corrected chi connectivity index (χ1v) is 22.1. The highest BCUT2D eigenvalue weighted by atomic mass is 16.5. The van der Waals surface area contributed by atoms with Gasteiger partial charge in [0.1, 0.15) is 31.4 Å². The number of rotatable bonds is 19. The van der Waals surface area contributed by atoms with Crippen LogP contribution in [-0.2, 0) is 33.4 Å². The molecule has 14 heteroatoms. The van der Waals surface area contributed by atoms with Crippen LogP contribution >= 0.6 is 0 Å². The molecule has 330 valence electrons. The topological polar surface area (TPSA) is 207 Å². The van der Waals surface area contributed by atoms with Crippen LogP contribution in [-0.4, -0.2) is 142 Å². The minimum absolute atomic E-state index is 0.00502. The second-order valence-electron chi connectivity index (χ2n) is 17.3. The maximum absolute atomic E-state index is 13.3. The summed E-state index contributed by atoms with van der Waals surface area (Å²) in [7, 11) is 1.92. The monoisotopic (exact) mass is 808 g/mol. The van der Waals surface area contributed by atoms with Gasteiger partial charge in [0.15, 0.2) is 0 Å². The molecule has 1 saturated carbocycles. The number of carbonyl (C=O) groups excluding carboxylic acids is 5. The van der Waals surface area contributed by atoms with E-state index >= 15 is 0 Å². The Bertz CT molecular complexity index is 1130. The zero-order valence-electron chi connectivity index (χ0n) is 36.3. The Labute approximate surface area is 344 Å². The molecule has 57 heavy (non-hydrogen) atoms. The van der Waals surface area contributed by atoms with E-state index in [2.05, 4.69) is 49.0 Å². The highest BCUT2D eigenvalue weighted by molar-refractivity contribution is 5.64. The lowest BCUT2D eigenvalue weighted by Gasteiger charge is -2.44. The van der Waals surface area contributed by atoms with Gasteiger partial charge in [-0.15, -0.1) is 0 Å². The van der Waals surface area contributed by atoms with Gasteiger partial charge in [-0.2, -0.15) is 0 Å². The van der Waals surface area contributed by atoms with Crippen molar-refractivity contribution in [1.82, 2.24) is 26.2 Å².